The highest BCUT2D eigenvalue weighted by molar-refractivity contribution is 5.85. The van der Waals surface area contributed by atoms with Gasteiger partial charge in [0.1, 0.15) is 0 Å². The van der Waals surface area contributed by atoms with Gasteiger partial charge < -0.3 is 10.6 Å². The van der Waals surface area contributed by atoms with Crippen LogP contribution >= 0.6 is 12.4 Å². The lowest BCUT2D eigenvalue weighted by molar-refractivity contribution is -0.138. The zero-order valence-electron chi connectivity index (χ0n) is 14.6. The molecule has 134 valence electrons. The van der Waals surface area contributed by atoms with Gasteiger partial charge in [-0.2, -0.15) is 0 Å². The second-order valence-electron chi connectivity index (χ2n) is 7.30. The fraction of sp³-hybridized carbons (Fsp3) is 0.632. The van der Waals surface area contributed by atoms with Crippen molar-refractivity contribution in [1.29, 1.82) is 0 Å². The predicted octanol–water partition coefficient (Wildman–Crippen LogP) is 3.16. The molecule has 0 saturated carbocycles. The molecule has 3 rings (SSSR count). The number of piperidine rings is 2. The maximum atomic E-state index is 12.7. The van der Waals surface area contributed by atoms with Crippen molar-refractivity contribution in [3.8, 4) is 0 Å². The molecule has 5 heteroatoms. The molecule has 1 aromatic carbocycles. The summed E-state index contributed by atoms with van der Waals surface area (Å²) in [7, 11) is 0. The molecule has 2 saturated heterocycles. The first-order valence-electron chi connectivity index (χ1n) is 8.97. The first-order chi connectivity index (χ1) is 11.1. The normalized spacial score (nSPS) is 20.6. The molecular weight excluding hydrogens is 322 g/mol. The van der Waals surface area contributed by atoms with Gasteiger partial charge in [-0.25, -0.2) is 0 Å². The standard InChI is InChI=1S/C19H29N3O.ClH/c1-15-5-11-22(12-6-15)19(23)17-7-9-21(10-8-17)14-16-3-2-4-18(20)13-16;/h2-4,13,15,17H,5-12,14,20H2,1H3;1H. The number of anilines is 1. The number of hydrogen-bond acceptors (Lipinski definition) is 3. The number of nitrogens with two attached hydrogens (primary N) is 1. The van der Waals surface area contributed by atoms with Gasteiger partial charge in [0, 0.05) is 31.2 Å². The number of hydrogen-bond donors (Lipinski definition) is 1. The van der Waals surface area contributed by atoms with Crippen LogP contribution in [0.2, 0.25) is 0 Å². The van der Waals surface area contributed by atoms with Crippen molar-refractivity contribution < 1.29 is 4.79 Å². The highest BCUT2D eigenvalue weighted by atomic mass is 35.5. The molecule has 1 aromatic rings. The number of carbonyl (C=O) groups excluding carboxylic acids is 1. The van der Waals surface area contributed by atoms with E-state index in [1.54, 1.807) is 0 Å². The Morgan fingerprint density at radius 3 is 2.42 bits per heavy atom. The lowest BCUT2D eigenvalue weighted by Gasteiger charge is -2.36. The zero-order chi connectivity index (χ0) is 16.2. The van der Waals surface area contributed by atoms with E-state index in [-0.39, 0.29) is 18.3 Å². The SMILES string of the molecule is CC1CCN(C(=O)C2CCN(Cc3cccc(N)c3)CC2)CC1.Cl. The molecule has 2 N–H and O–H groups in total. The number of benzene rings is 1. The molecule has 0 aliphatic carbocycles. The fourth-order valence-corrected chi connectivity index (χ4v) is 3.77. The van der Waals surface area contributed by atoms with E-state index in [0.29, 0.717) is 5.91 Å². The highest BCUT2D eigenvalue weighted by Gasteiger charge is 2.30. The van der Waals surface area contributed by atoms with Gasteiger partial charge in [0.05, 0.1) is 0 Å². The summed E-state index contributed by atoms with van der Waals surface area (Å²) in [5.41, 5.74) is 7.94. The molecule has 1 amide bonds. The molecule has 0 atom stereocenters. The Morgan fingerprint density at radius 2 is 1.79 bits per heavy atom. The van der Waals surface area contributed by atoms with E-state index < -0.39 is 0 Å². The minimum absolute atomic E-state index is 0. The van der Waals surface area contributed by atoms with Crippen molar-refractivity contribution in [3.63, 3.8) is 0 Å². The van der Waals surface area contributed by atoms with Crippen molar-refractivity contribution in [2.45, 2.75) is 39.2 Å². The van der Waals surface area contributed by atoms with Gasteiger partial charge in [-0.3, -0.25) is 9.69 Å². The van der Waals surface area contributed by atoms with Crippen LogP contribution in [0.25, 0.3) is 0 Å². The van der Waals surface area contributed by atoms with Gasteiger partial charge in [-0.1, -0.05) is 19.1 Å². The number of halogens is 1. The molecule has 2 fully saturated rings. The Morgan fingerprint density at radius 1 is 1.12 bits per heavy atom. The first-order valence-corrected chi connectivity index (χ1v) is 8.97. The third kappa shape index (κ3) is 4.87. The molecule has 0 unspecified atom stereocenters. The number of rotatable bonds is 3. The summed E-state index contributed by atoms with van der Waals surface area (Å²) in [6, 6.07) is 8.11. The second kappa shape index (κ2) is 8.72. The molecule has 24 heavy (non-hydrogen) atoms. The zero-order valence-corrected chi connectivity index (χ0v) is 15.4. The van der Waals surface area contributed by atoms with E-state index in [4.69, 9.17) is 5.73 Å². The van der Waals surface area contributed by atoms with Gasteiger partial charge >= 0.3 is 0 Å². The largest absolute Gasteiger partial charge is 0.399 e. The molecule has 0 bridgehead atoms. The third-order valence-corrected chi connectivity index (χ3v) is 5.39. The van der Waals surface area contributed by atoms with Crippen LogP contribution in [0.5, 0.6) is 0 Å². The van der Waals surface area contributed by atoms with Crippen LogP contribution in [-0.2, 0) is 11.3 Å². The van der Waals surface area contributed by atoms with Gasteiger partial charge in [-0.05, 0) is 62.4 Å². The van der Waals surface area contributed by atoms with Crippen molar-refractivity contribution in [2.24, 2.45) is 11.8 Å². The van der Waals surface area contributed by atoms with E-state index in [0.717, 1.165) is 57.2 Å². The molecule has 0 spiro atoms. The summed E-state index contributed by atoms with van der Waals surface area (Å²) in [6.45, 7) is 7.17. The van der Waals surface area contributed by atoms with E-state index >= 15 is 0 Å². The fourth-order valence-electron chi connectivity index (χ4n) is 3.77. The molecule has 2 heterocycles. The summed E-state index contributed by atoms with van der Waals surface area (Å²) < 4.78 is 0. The second-order valence-corrected chi connectivity index (χ2v) is 7.30. The van der Waals surface area contributed by atoms with Crippen LogP contribution in [0.15, 0.2) is 24.3 Å². The van der Waals surface area contributed by atoms with E-state index in [2.05, 4.69) is 22.8 Å². The minimum atomic E-state index is 0. The Hall–Kier alpha value is -1.26. The molecule has 4 nitrogen and oxygen atoms in total. The third-order valence-electron chi connectivity index (χ3n) is 5.39. The highest BCUT2D eigenvalue weighted by Crippen LogP contribution is 2.24. The Labute approximate surface area is 151 Å². The number of likely N-dealkylation sites (tertiary alicyclic amines) is 2. The van der Waals surface area contributed by atoms with Crippen molar-refractivity contribution >= 4 is 24.0 Å². The summed E-state index contributed by atoms with van der Waals surface area (Å²) in [4.78, 5) is 17.2. The Kier molecular flexibility index (Phi) is 6.93. The van der Waals surface area contributed by atoms with E-state index in [1.807, 2.05) is 18.2 Å². The van der Waals surface area contributed by atoms with Crippen LogP contribution < -0.4 is 5.73 Å². The lowest BCUT2D eigenvalue weighted by atomic mass is 9.92. The van der Waals surface area contributed by atoms with Gasteiger partial charge in [0.2, 0.25) is 5.91 Å². The molecule has 2 aliphatic heterocycles. The quantitative estimate of drug-likeness (QED) is 0.851. The van der Waals surface area contributed by atoms with Gasteiger partial charge in [0.25, 0.3) is 0 Å². The van der Waals surface area contributed by atoms with Crippen LogP contribution in [0, 0.1) is 11.8 Å². The number of carbonyl (C=O) groups is 1. The topological polar surface area (TPSA) is 49.6 Å². The molecule has 0 aromatic heterocycles. The van der Waals surface area contributed by atoms with Crippen molar-refractivity contribution in [1.82, 2.24) is 9.80 Å². The number of nitrogen functional groups attached to an aromatic ring is 1. The minimum Gasteiger partial charge on any atom is -0.399 e. The summed E-state index contributed by atoms with van der Waals surface area (Å²) in [5, 5.41) is 0. The van der Waals surface area contributed by atoms with Gasteiger partial charge in [-0.15, -0.1) is 12.4 Å². The van der Waals surface area contributed by atoms with Crippen LogP contribution in [0.4, 0.5) is 5.69 Å². The number of amides is 1. The summed E-state index contributed by atoms with van der Waals surface area (Å²) in [5.74, 6) is 1.42. The number of nitrogens with zero attached hydrogens (tertiary/aromatic N) is 2. The maximum Gasteiger partial charge on any atom is 0.225 e. The predicted molar refractivity (Wildman–Crippen MR) is 101 cm³/mol. The average molecular weight is 352 g/mol. The van der Waals surface area contributed by atoms with E-state index in [9.17, 15) is 4.79 Å². The summed E-state index contributed by atoms with van der Waals surface area (Å²) in [6.07, 6.45) is 4.32. The lowest BCUT2D eigenvalue weighted by Crippen LogP contribution is -2.45. The van der Waals surface area contributed by atoms with Crippen molar-refractivity contribution in [2.75, 3.05) is 31.9 Å². The van der Waals surface area contributed by atoms with Crippen molar-refractivity contribution in [3.05, 3.63) is 29.8 Å². The van der Waals surface area contributed by atoms with Crippen LogP contribution in [-0.4, -0.2) is 41.9 Å². The van der Waals surface area contributed by atoms with Gasteiger partial charge in [0.15, 0.2) is 0 Å². The maximum absolute atomic E-state index is 12.7. The summed E-state index contributed by atoms with van der Waals surface area (Å²) >= 11 is 0. The Bertz CT molecular complexity index is 535. The Balaban J connectivity index is 0.00000208. The first kappa shape index (κ1) is 19.1. The molecule has 2 aliphatic rings. The monoisotopic (exact) mass is 351 g/mol. The van der Waals surface area contributed by atoms with Crippen LogP contribution in [0.3, 0.4) is 0 Å². The average Bonchev–Trinajstić information content (AvgIpc) is 2.56. The molecule has 0 radical (unpaired) electrons. The van der Waals surface area contributed by atoms with E-state index in [1.165, 1.54) is 18.4 Å². The van der Waals surface area contributed by atoms with Crippen LogP contribution in [0.1, 0.15) is 38.2 Å². The molecular formula is C19H30ClN3O. The smallest absolute Gasteiger partial charge is 0.225 e.